The average molecular weight is 330 g/mol. The summed E-state index contributed by atoms with van der Waals surface area (Å²) in [5.74, 6) is -0.175. The molecule has 3 rings (SSSR count). The number of aryl methyl sites for hydroxylation is 1. The number of carbonyl (C=O) groups is 2. The normalized spacial score (nSPS) is 10.8. The predicted molar refractivity (Wildman–Crippen MR) is 90.9 cm³/mol. The number of fused-ring (bicyclic) bond motifs is 1. The van der Waals surface area contributed by atoms with Gasteiger partial charge in [-0.1, -0.05) is 23.5 Å². The number of nitrogens with zero attached hydrogens (tertiary/aromatic N) is 1. The molecule has 0 aliphatic heterocycles. The molecule has 0 radical (unpaired) electrons. The van der Waals surface area contributed by atoms with Gasteiger partial charge in [0.25, 0.3) is 0 Å². The Morgan fingerprint density at radius 2 is 2.09 bits per heavy atom. The number of rotatable bonds is 5. The number of ketones is 1. The van der Waals surface area contributed by atoms with Gasteiger partial charge in [-0.15, -0.1) is 11.3 Å². The van der Waals surface area contributed by atoms with Gasteiger partial charge >= 0.3 is 0 Å². The molecule has 0 atom stereocenters. The molecule has 1 N–H and O–H groups in total. The Morgan fingerprint density at radius 1 is 1.23 bits per heavy atom. The van der Waals surface area contributed by atoms with Crippen molar-refractivity contribution in [2.45, 2.75) is 19.8 Å². The molecule has 0 saturated carbocycles. The third kappa shape index (κ3) is 3.40. The summed E-state index contributed by atoms with van der Waals surface area (Å²) in [5, 5.41) is 5.21. The van der Waals surface area contributed by atoms with E-state index in [1.807, 2.05) is 36.6 Å². The van der Waals surface area contributed by atoms with Crippen molar-refractivity contribution in [2.75, 3.05) is 5.32 Å². The Kier molecular flexibility index (Phi) is 4.31. The molecule has 0 aliphatic carbocycles. The fraction of sp³-hybridized carbons (Fsp3) is 0.188. The van der Waals surface area contributed by atoms with E-state index in [9.17, 15) is 9.59 Å². The number of amides is 1. The monoisotopic (exact) mass is 330 g/mol. The highest BCUT2D eigenvalue weighted by Gasteiger charge is 2.12. The molecule has 22 heavy (non-hydrogen) atoms. The highest BCUT2D eigenvalue weighted by molar-refractivity contribution is 7.22. The third-order valence-corrected chi connectivity index (χ3v) is 5.01. The minimum absolute atomic E-state index is 0.00470. The third-order valence-electron chi connectivity index (χ3n) is 3.17. The Balaban J connectivity index is 1.59. The van der Waals surface area contributed by atoms with Crippen LogP contribution >= 0.6 is 22.7 Å². The van der Waals surface area contributed by atoms with Crippen LogP contribution in [-0.4, -0.2) is 16.7 Å². The van der Waals surface area contributed by atoms with Crippen molar-refractivity contribution in [2.24, 2.45) is 0 Å². The number of nitrogens with one attached hydrogen (secondary N) is 1. The van der Waals surface area contributed by atoms with Crippen LogP contribution in [0, 0.1) is 6.92 Å². The molecular weight excluding hydrogens is 316 g/mol. The Bertz CT molecular complexity index is 822. The van der Waals surface area contributed by atoms with E-state index in [2.05, 4.69) is 10.3 Å². The van der Waals surface area contributed by atoms with E-state index in [-0.39, 0.29) is 24.5 Å². The Hall–Kier alpha value is -2.05. The number of anilines is 1. The molecule has 1 aromatic carbocycles. The molecular formula is C16H14N2O2S2. The number of Topliss-reactive ketones (excluding diaryl/α,β-unsaturated/α-hetero) is 1. The summed E-state index contributed by atoms with van der Waals surface area (Å²) in [6.45, 7) is 2.02. The number of benzene rings is 1. The molecule has 1 amide bonds. The molecule has 0 saturated heterocycles. The van der Waals surface area contributed by atoms with Gasteiger partial charge in [0.1, 0.15) is 0 Å². The van der Waals surface area contributed by atoms with Gasteiger partial charge in [-0.05, 0) is 36.1 Å². The molecule has 0 unspecified atom stereocenters. The van der Waals surface area contributed by atoms with Crippen LogP contribution in [0.25, 0.3) is 10.2 Å². The van der Waals surface area contributed by atoms with E-state index < -0.39 is 0 Å². The maximum Gasteiger partial charge on any atom is 0.226 e. The molecule has 2 aromatic heterocycles. The maximum absolute atomic E-state index is 11.9. The molecule has 4 nitrogen and oxygen atoms in total. The van der Waals surface area contributed by atoms with E-state index in [4.69, 9.17) is 0 Å². The lowest BCUT2D eigenvalue weighted by Gasteiger charge is -2.00. The van der Waals surface area contributed by atoms with Crippen LogP contribution in [-0.2, 0) is 4.79 Å². The van der Waals surface area contributed by atoms with Crippen molar-refractivity contribution in [3.8, 4) is 0 Å². The zero-order valence-electron chi connectivity index (χ0n) is 12.0. The second-order valence-corrected chi connectivity index (χ2v) is 6.92. The first-order chi connectivity index (χ1) is 10.6. The summed E-state index contributed by atoms with van der Waals surface area (Å²) in [4.78, 5) is 28.9. The second kappa shape index (κ2) is 6.37. The van der Waals surface area contributed by atoms with Gasteiger partial charge in [-0.3, -0.25) is 9.59 Å². The standard InChI is InChI=1S/C16H14N2O2S2/c1-10-4-5-11-14(9-10)22-16(17-11)18-15(20)7-6-12(19)13-3-2-8-21-13/h2-5,8-9H,6-7H2,1H3,(H,17,18,20). The fourth-order valence-corrected chi connectivity index (χ4v) is 3.73. The molecule has 2 heterocycles. The molecule has 0 aliphatic rings. The number of thiophene rings is 1. The highest BCUT2D eigenvalue weighted by atomic mass is 32.1. The lowest BCUT2D eigenvalue weighted by molar-refractivity contribution is -0.116. The van der Waals surface area contributed by atoms with Gasteiger partial charge in [0.2, 0.25) is 5.91 Å². The van der Waals surface area contributed by atoms with Crippen LogP contribution < -0.4 is 5.32 Å². The first-order valence-electron chi connectivity index (χ1n) is 6.85. The molecule has 0 fully saturated rings. The summed E-state index contributed by atoms with van der Waals surface area (Å²) in [7, 11) is 0. The van der Waals surface area contributed by atoms with Crippen molar-refractivity contribution < 1.29 is 9.59 Å². The molecule has 0 bridgehead atoms. The average Bonchev–Trinajstić information content (AvgIpc) is 3.13. The van der Waals surface area contributed by atoms with E-state index in [0.717, 1.165) is 15.8 Å². The van der Waals surface area contributed by atoms with Gasteiger partial charge in [0.05, 0.1) is 15.1 Å². The zero-order valence-corrected chi connectivity index (χ0v) is 13.6. The largest absolute Gasteiger partial charge is 0.302 e. The minimum Gasteiger partial charge on any atom is -0.302 e. The SMILES string of the molecule is Cc1ccc2nc(NC(=O)CCC(=O)c3cccs3)sc2c1. The van der Waals surface area contributed by atoms with Crippen LogP contribution in [0.4, 0.5) is 5.13 Å². The summed E-state index contributed by atoms with van der Waals surface area (Å²) >= 11 is 2.85. The Morgan fingerprint density at radius 3 is 2.86 bits per heavy atom. The number of hydrogen-bond donors (Lipinski definition) is 1. The van der Waals surface area contributed by atoms with Crippen LogP contribution in [0.1, 0.15) is 28.1 Å². The van der Waals surface area contributed by atoms with Crippen LogP contribution in [0.3, 0.4) is 0 Å². The van der Waals surface area contributed by atoms with Crippen molar-refractivity contribution in [1.29, 1.82) is 0 Å². The van der Waals surface area contributed by atoms with Gasteiger partial charge in [0.15, 0.2) is 10.9 Å². The zero-order chi connectivity index (χ0) is 15.5. The smallest absolute Gasteiger partial charge is 0.226 e. The molecule has 112 valence electrons. The van der Waals surface area contributed by atoms with Crippen LogP contribution in [0.5, 0.6) is 0 Å². The quantitative estimate of drug-likeness (QED) is 0.711. The fourth-order valence-electron chi connectivity index (χ4n) is 2.05. The van der Waals surface area contributed by atoms with E-state index >= 15 is 0 Å². The predicted octanol–water partition coefficient (Wildman–Crippen LogP) is 4.27. The summed E-state index contributed by atoms with van der Waals surface area (Å²) in [6.07, 6.45) is 0.391. The number of thiazole rings is 1. The van der Waals surface area contributed by atoms with Gasteiger partial charge in [0, 0.05) is 12.8 Å². The first-order valence-corrected chi connectivity index (χ1v) is 8.55. The van der Waals surface area contributed by atoms with Crippen molar-refractivity contribution in [1.82, 2.24) is 4.98 Å². The Labute approximate surface area is 135 Å². The summed E-state index contributed by atoms with van der Waals surface area (Å²) in [5.41, 5.74) is 2.04. The van der Waals surface area contributed by atoms with Crippen LogP contribution in [0.2, 0.25) is 0 Å². The summed E-state index contributed by atoms with van der Waals surface area (Å²) in [6, 6.07) is 9.59. The molecule has 0 spiro atoms. The van der Waals surface area contributed by atoms with Crippen molar-refractivity contribution in [3.05, 3.63) is 46.2 Å². The number of carbonyl (C=O) groups excluding carboxylic acids is 2. The number of hydrogen-bond acceptors (Lipinski definition) is 5. The van der Waals surface area contributed by atoms with E-state index in [1.165, 1.54) is 22.7 Å². The van der Waals surface area contributed by atoms with Gasteiger partial charge in [-0.2, -0.15) is 0 Å². The van der Waals surface area contributed by atoms with Crippen molar-refractivity contribution in [3.63, 3.8) is 0 Å². The highest BCUT2D eigenvalue weighted by Crippen LogP contribution is 2.26. The lowest BCUT2D eigenvalue weighted by atomic mass is 10.2. The first kappa shape index (κ1) is 14.9. The van der Waals surface area contributed by atoms with Crippen LogP contribution in [0.15, 0.2) is 35.7 Å². The van der Waals surface area contributed by atoms with E-state index in [0.29, 0.717) is 10.0 Å². The van der Waals surface area contributed by atoms with E-state index in [1.54, 1.807) is 6.07 Å². The number of aromatic nitrogens is 1. The molecule has 3 aromatic rings. The lowest BCUT2D eigenvalue weighted by Crippen LogP contribution is -2.12. The summed E-state index contributed by atoms with van der Waals surface area (Å²) < 4.78 is 1.05. The van der Waals surface area contributed by atoms with Gasteiger partial charge in [-0.25, -0.2) is 4.98 Å². The van der Waals surface area contributed by atoms with Gasteiger partial charge < -0.3 is 5.32 Å². The minimum atomic E-state index is -0.180. The topological polar surface area (TPSA) is 59.1 Å². The maximum atomic E-state index is 11.9. The second-order valence-electron chi connectivity index (χ2n) is 4.94. The van der Waals surface area contributed by atoms with Crippen molar-refractivity contribution >= 4 is 49.7 Å². The molecule has 6 heteroatoms.